The van der Waals surface area contributed by atoms with Crippen LogP contribution in [0.4, 0.5) is 0 Å². The molecule has 0 aliphatic carbocycles. The van der Waals surface area contributed by atoms with Crippen molar-refractivity contribution in [1.82, 2.24) is 21.5 Å². The first kappa shape index (κ1) is 16.7. The SMILES string of the molecule is C=CCNC(=S)NNC(=S)NCCSc1ccccc1. The van der Waals surface area contributed by atoms with Gasteiger partial charge in [-0.1, -0.05) is 24.3 Å². The number of hydrazine groups is 1. The Bertz CT molecular complexity index is 437. The van der Waals surface area contributed by atoms with E-state index in [1.54, 1.807) is 17.8 Å². The Balaban J connectivity index is 2.05. The Morgan fingerprint density at radius 2 is 1.75 bits per heavy atom. The first-order chi connectivity index (χ1) is 9.72. The van der Waals surface area contributed by atoms with Gasteiger partial charge in [0.1, 0.15) is 0 Å². The minimum Gasteiger partial charge on any atom is -0.361 e. The fourth-order valence-corrected chi connectivity index (χ4v) is 2.29. The van der Waals surface area contributed by atoms with Crippen molar-refractivity contribution in [3.8, 4) is 0 Å². The molecule has 7 heteroatoms. The van der Waals surface area contributed by atoms with Crippen molar-refractivity contribution in [2.75, 3.05) is 18.8 Å². The summed E-state index contributed by atoms with van der Waals surface area (Å²) < 4.78 is 0. The van der Waals surface area contributed by atoms with E-state index in [1.807, 2.05) is 18.2 Å². The number of benzene rings is 1. The smallest absolute Gasteiger partial charge is 0.185 e. The molecule has 1 rings (SSSR count). The van der Waals surface area contributed by atoms with Crippen molar-refractivity contribution < 1.29 is 0 Å². The van der Waals surface area contributed by atoms with Gasteiger partial charge in [-0.3, -0.25) is 10.9 Å². The van der Waals surface area contributed by atoms with Crippen LogP contribution in [0, 0.1) is 0 Å². The summed E-state index contributed by atoms with van der Waals surface area (Å²) in [7, 11) is 0. The van der Waals surface area contributed by atoms with E-state index < -0.39 is 0 Å². The van der Waals surface area contributed by atoms with Crippen LogP contribution >= 0.6 is 36.2 Å². The lowest BCUT2D eigenvalue weighted by atomic mass is 10.4. The second kappa shape index (κ2) is 10.5. The van der Waals surface area contributed by atoms with E-state index in [-0.39, 0.29) is 0 Å². The first-order valence-corrected chi connectivity index (χ1v) is 7.89. The van der Waals surface area contributed by atoms with E-state index in [0.29, 0.717) is 16.8 Å². The van der Waals surface area contributed by atoms with E-state index in [2.05, 4.69) is 40.2 Å². The maximum atomic E-state index is 5.11. The number of rotatable bonds is 6. The van der Waals surface area contributed by atoms with E-state index in [0.717, 1.165) is 12.3 Å². The minimum atomic E-state index is 0.479. The second-order valence-electron chi connectivity index (χ2n) is 3.67. The lowest BCUT2D eigenvalue weighted by molar-refractivity contribution is 0.801. The maximum Gasteiger partial charge on any atom is 0.185 e. The van der Waals surface area contributed by atoms with Crippen molar-refractivity contribution in [2.24, 2.45) is 0 Å². The molecule has 0 saturated carbocycles. The molecule has 0 atom stereocenters. The fourth-order valence-electron chi connectivity index (χ4n) is 1.22. The highest BCUT2D eigenvalue weighted by atomic mass is 32.2. The monoisotopic (exact) mass is 326 g/mol. The molecule has 0 saturated heterocycles. The van der Waals surface area contributed by atoms with Crippen LogP contribution in [0.15, 0.2) is 47.9 Å². The van der Waals surface area contributed by atoms with Gasteiger partial charge in [-0.15, -0.1) is 18.3 Å². The minimum absolute atomic E-state index is 0.479. The molecule has 0 amide bonds. The highest BCUT2D eigenvalue weighted by molar-refractivity contribution is 7.99. The number of nitrogens with one attached hydrogen (secondary N) is 4. The molecule has 0 heterocycles. The van der Waals surface area contributed by atoms with E-state index in [1.165, 1.54) is 4.90 Å². The maximum absolute atomic E-state index is 5.11. The summed E-state index contributed by atoms with van der Waals surface area (Å²) in [6.07, 6.45) is 1.73. The topological polar surface area (TPSA) is 48.1 Å². The third kappa shape index (κ3) is 7.98. The molecule has 0 aliphatic heterocycles. The van der Waals surface area contributed by atoms with Gasteiger partial charge in [0, 0.05) is 23.7 Å². The summed E-state index contributed by atoms with van der Waals surface area (Å²) in [5.41, 5.74) is 5.60. The van der Waals surface area contributed by atoms with Crippen LogP contribution in [-0.4, -0.2) is 29.1 Å². The predicted octanol–water partition coefficient (Wildman–Crippen LogP) is 1.81. The van der Waals surface area contributed by atoms with Gasteiger partial charge in [0.25, 0.3) is 0 Å². The standard InChI is InChI=1S/C13H18N4S3/c1-2-8-14-12(18)16-17-13(19)15-9-10-20-11-6-4-3-5-7-11/h2-7H,1,8-10H2,(H2,14,16,18)(H2,15,17,19). The predicted molar refractivity (Wildman–Crippen MR) is 94.8 cm³/mol. The van der Waals surface area contributed by atoms with Gasteiger partial charge in [0.05, 0.1) is 0 Å². The molecule has 0 spiro atoms. The number of thioether (sulfide) groups is 1. The summed E-state index contributed by atoms with van der Waals surface area (Å²) in [4.78, 5) is 1.25. The van der Waals surface area contributed by atoms with Gasteiger partial charge in [0.2, 0.25) is 0 Å². The van der Waals surface area contributed by atoms with Crippen LogP contribution in [0.5, 0.6) is 0 Å². The van der Waals surface area contributed by atoms with Crippen molar-refractivity contribution in [3.05, 3.63) is 43.0 Å². The molecular formula is C13H18N4S3. The average Bonchev–Trinajstić information content (AvgIpc) is 2.48. The van der Waals surface area contributed by atoms with Crippen molar-refractivity contribution in [2.45, 2.75) is 4.90 Å². The molecule has 0 radical (unpaired) electrons. The summed E-state index contributed by atoms with van der Waals surface area (Å²) in [6, 6.07) is 10.3. The largest absolute Gasteiger partial charge is 0.361 e. The van der Waals surface area contributed by atoms with Gasteiger partial charge >= 0.3 is 0 Å². The molecule has 108 valence electrons. The average molecular weight is 327 g/mol. The molecule has 0 aromatic heterocycles. The number of hydrogen-bond acceptors (Lipinski definition) is 3. The first-order valence-electron chi connectivity index (χ1n) is 6.09. The highest BCUT2D eigenvalue weighted by Gasteiger charge is 1.97. The van der Waals surface area contributed by atoms with Crippen LogP contribution in [0.1, 0.15) is 0 Å². The van der Waals surface area contributed by atoms with Crippen LogP contribution < -0.4 is 21.5 Å². The summed E-state index contributed by atoms with van der Waals surface area (Å²) in [6.45, 7) is 4.98. The lowest BCUT2D eigenvalue weighted by Crippen LogP contribution is -2.50. The normalized spacial score (nSPS) is 9.40. The van der Waals surface area contributed by atoms with Gasteiger partial charge in [-0.25, -0.2) is 0 Å². The van der Waals surface area contributed by atoms with Crippen LogP contribution in [0.3, 0.4) is 0 Å². The summed E-state index contributed by atoms with van der Waals surface area (Å²) in [5, 5.41) is 7.01. The Morgan fingerprint density at radius 3 is 2.40 bits per heavy atom. The van der Waals surface area contributed by atoms with Crippen LogP contribution in [-0.2, 0) is 0 Å². The quantitative estimate of drug-likeness (QED) is 0.209. The Hall–Kier alpha value is -1.31. The fraction of sp³-hybridized carbons (Fsp3) is 0.231. The van der Waals surface area contributed by atoms with Gasteiger partial charge in [0.15, 0.2) is 10.2 Å². The zero-order chi connectivity index (χ0) is 14.6. The zero-order valence-electron chi connectivity index (χ0n) is 11.0. The molecule has 0 unspecified atom stereocenters. The third-order valence-electron chi connectivity index (χ3n) is 2.10. The highest BCUT2D eigenvalue weighted by Crippen LogP contribution is 2.15. The van der Waals surface area contributed by atoms with Gasteiger partial charge in [-0.05, 0) is 36.6 Å². The molecule has 0 aliphatic rings. The summed E-state index contributed by atoms with van der Waals surface area (Å²) in [5.74, 6) is 0.936. The summed E-state index contributed by atoms with van der Waals surface area (Å²) >= 11 is 11.9. The van der Waals surface area contributed by atoms with Gasteiger partial charge in [-0.2, -0.15) is 0 Å². The van der Waals surface area contributed by atoms with Crippen molar-refractivity contribution in [3.63, 3.8) is 0 Å². The molecular weight excluding hydrogens is 308 g/mol. The molecule has 0 fully saturated rings. The van der Waals surface area contributed by atoms with Crippen molar-refractivity contribution in [1.29, 1.82) is 0 Å². The zero-order valence-corrected chi connectivity index (χ0v) is 13.5. The lowest BCUT2D eigenvalue weighted by Gasteiger charge is -2.13. The molecule has 1 aromatic rings. The molecule has 4 nitrogen and oxygen atoms in total. The number of hydrogen-bond donors (Lipinski definition) is 4. The Morgan fingerprint density at radius 1 is 1.10 bits per heavy atom. The molecule has 4 N–H and O–H groups in total. The second-order valence-corrected chi connectivity index (χ2v) is 5.65. The van der Waals surface area contributed by atoms with E-state index in [4.69, 9.17) is 24.4 Å². The molecule has 1 aromatic carbocycles. The van der Waals surface area contributed by atoms with E-state index >= 15 is 0 Å². The van der Waals surface area contributed by atoms with Crippen molar-refractivity contribution >= 4 is 46.4 Å². The van der Waals surface area contributed by atoms with Gasteiger partial charge < -0.3 is 10.6 Å². The van der Waals surface area contributed by atoms with E-state index in [9.17, 15) is 0 Å². The third-order valence-corrected chi connectivity index (χ3v) is 3.60. The van der Waals surface area contributed by atoms with Crippen LogP contribution in [0.25, 0.3) is 0 Å². The molecule has 20 heavy (non-hydrogen) atoms. The Kier molecular flexibility index (Phi) is 8.77. The number of thiocarbonyl (C=S) groups is 2. The Labute approximate surface area is 134 Å². The van der Waals surface area contributed by atoms with Crippen LogP contribution in [0.2, 0.25) is 0 Å². The molecule has 0 bridgehead atoms.